The van der Waals surface area contributed by atoms with E-state index in [1.807, 2.05) is 18.2 Å². The van der Waals surface area contributed by atoms with Crippen LogP contribution < -0.4 is 10.1 Å². The summed E-state index contributed by atoms with van der Waals surface area (Å²) >= 11 is 0. The van der Waals surface area contributed by atoms with Crippen LogP contribution in [0.2, 0.25) is 0 Å². The fourth-order valence-corrected chi connectivity index (χ4v) is 1.73. The normalized spacial score (nSPS) is 10.9. The number of anilines is 1. The molecular formula is C16H15NO3. The third-order valence-corrected chi connectivity index (χ3v) is 2.79. The van der Waals surface area contributed by atoms with Gasteiger partial charge in [-0.25, -0.2) is 4.79 Å². The summed E-state index contributed by atoms with van der Waals surface area (Å²) in [5.41, 5.74) is 1.66. The van der Waals surface area contributed by atoms with Gasteiger partial charge in [0.25, 0.3) is 0 Å². The Labute approximate surface area is 117 Å². The molecule has 20 heavy (non-hydrogen) atoms. The highest BCUT2D eigenvalue weighted by Crippen LogP contribution is 2.18. The maximum absolute atomic E-state index is 11.3. The molecule has 2 rings (SSSR count). The lowest BCUT2D eigenvalue weighted by Crippen LogP contribution is -2.02. The summed E-state index contributed by atoms with van der Waals surface area (Å²) in [4.78, 5) is 11.3. The van der Waals surface area contributed by atoms with Crippen molar-refractivity contribution in [3.8, 4) is 5.75 Å². The van der Waals surface area contributed by atoms with Gasteiger partial charge in [0.15, 0.2) is 0 Å². The molecule has 0 aliphatic rings. The highest BCUT2D eigenvalue weighted by Gasteiger charge is 2.09. The van der Waals surface area contributed by atoms with Gasteiger partial charge in [0.1, 0.15) is 5.75 Å². The third kappa shape index (κ3) is 3.38. The minimum Gasteiger partial charge on any atom is -0.497 e. The minimum atomic E-state index is -0.975. The Balaban J connectivity index is 2.19. The molecule has 2 aromatic carbocycles. The van der Waals surface area contributed by atoms with E-state index in [1.165, 1.54) is 6.20 Å². The number of methoxy groups -OCH3 is 1. The molecule has 2 aromatic rings. The first-order valence-electron chi connectivity index (χ1n) is 6.10. The molecule has 0 aliphatic heterocycles. The fraction of sp³-hybridized carbons (Fsp3) is 0.0625. The lowest BCUT2D eigenvalue weighted by molar-refractivity contribution is -0.130. The summed E-state index contributed by atoms with van der Waals surface area (Å²) in [5, 5.41) is 12.2. The Kier molecular flexibility index (Phi) is 4.39. The Morgan fingerprint density at radius 1 is 1.10 bits per heavy atom. The summed E-state index contributed by atoms with van der Waals surface area (Å²) in [5.74, 6) is -0.224. The van der Waals surface area contributed by atoms with E-state index < -0.39 is 5.97 Å². The molecule has 0 aromatic heterocycles. The SMILES string of the molecule is COc1ccc(N/C=C(\C(=O)O)c2ccccc2)cc1. The van der Waals surface area contributed by atoms with Crippen molar-refractivity contribution in [2.45, 2.75) is 0 Å². The molecule has 0 saturated carbocycles. The standard InChI is InChI=1S/C16H15NO3/c1-20-14-9-7-13(8-10-14)17-11-15(16(18)19)12-5-3-2-4-6-12/h2-11,17H,1H3,(H,18,19)/b15-11-. The smallest absolute Gasteiger partial charge is 0.337 e. The van der Waals surface area contributed by atoms with Gasteiger partial charge in [0.05, 0.1) is 12.7 Å². The molecule has 0 aliphatic carbocycles. The van der Waals surface area contributed by atoms with Crippen LogP contribution in [-0.2, 0) is 4.79 Å². The van der Waals surface area contributed by atoms with Crippen molar-refractivity contribution < 1.29 is 14.6 Å². The first-order chi connectivity index (χ1) is 9.70. The van der Waals surface area contributed by atoms with E-state index >= 15 is 0 Å². The highest BCUT2D eigenvalue weighted by molar-refractivity contribution is 6.15. The third-order valence-electron chi connectivity index (χ3n) is 2.79. The van der Waals surface area contributed by atoms with Gasteiger partial charge in [0, 0.05) is 11.9 Å². The number of hydrogen-bond acceptors (Lipinski definition) is 3. The molecule has 0 heterocycles. The predicted octanol–water partition coefficient (Wildman–Crippen LogP) is 3.23. The van der Waals surface area contributed by atoms with Crippen LogP contribution in [0.5, 0.6) is 5.75 Å². The second kappa shape index (κ2) is 6.43. The first-order valence-corrected chi connectivity index (χ1v) is 6.10. The van der Waals surface area contributed by atoms with Crippen molar-refractivity contribution in [2.75, 3.05) is 12.4 Å². The van der Waals surface area contributed by atoms with Crippen LogP contribution in [0.3, 0.4) is 0 Å². The van der Waals surface area contributed by atoms with Gasteiger partial charge in [-0.2, -0.15) is 0 Å². The van der Waals surface area contributed by atoms with E-state index in [1.54, 1.807) is 43.5 Å². The second-order valence-electron chi connectivity index (χ2n) is 4.10. The quantitative estimate of drug-likeness (QED) is 0.818. The predicted molar refractivity (Wildman–Crippen MR) is 78.7 cm³/mol. The highest BCUT2D eigenvalue weighted by atomic mass is 16.5. The zero-order valence-corrected chi connectivity index (χ0v) is 11.0. The summed E-state index contributed by atoms with van der Waals surface area (Å²) < 4.78 is 5.07. The maximum atomic E-state index is 11.3. The molecule has 0 bridgehead atoms. The van der Waals surface area contributed by atoms with Crippen LogP contribution in [-0.4, -0.2) is 18.2 Å². The molecule has 0 atom stereocenters. The molecule has 4 heteroatoms. The van der Waals surface area contributed by atoms with Crippen molar-refractivity contribution in [1.82, 2.24) is 0 Å². The van der Waals surface area contributed by atoms with E-state index in [-0.39, 0.29) is 5.57 Å². The van der Waals surface area contributed by atoms with Crippen LogP contribution in [0.4, 0.5) is 5.69 Å². The topological polar surface area (TPSA) is 58.6 Å². The van der Waals surface area contributed by atoms with Crippen LogP contribution in [0, 0.1) is 0 Å². The molecule has 0 spiro atoms. The number of aliphatic carboxylic acids is 1. The second-order valence-corrected chi connectivity index (χ2v) is 4.10. The first kappa shape index (κ1) is 13.7. The van der Waals surface area contributed by atoms with Gasteiger partial charge in [-0.15, -0.1) is 0 Å². The number of rotatable bonds is 5. The summed E-state index contributed by atoms with van der Waals surface area (Å²) in [6.45, 7) is 0. The molecule has 4 nitrogen and oxygen atoms in total. The Hall–Kier alpha value is -2.75. The average Bonchev–Trinajstić information content (AvgIpc) is 2.49. The molecular weight excluding hydrogens is 254 g/mol. The molecule has 0 fully saturated rings. The zero-order chi connectivity index (χ0) is 14.4. The van der Waals surface area contributed by atoms with Gasteiger partial charge < -0.3 is 15.2 Å². The van der Waals surface area contributed by atoms with Crippen molar-refractivity contribution >= 4 is 17.2 Å². The van der Waals surface area contributed by atoms with Crippen molar-refractivity contribution in [3.63, 3.8) is 0 Å². The summed E-state index contributed by atoms with van der Waals surface area (Å²) in [6, 6.07) is 16.2. The zero-order valence-electron chi connectivity index (χ0n) is 11.0. The summed E-state index contributed by atoms with van der Waals surface area (Å²) in [6.07, 6.45) is 1.49. The Morgan fingerprint density at radius 2 is 1.75 bits per heavy atom. The van der Waals surface area contributed by atoms with Gasteiger partial charge in [0.2, 0.25) is 0 Å². The Bertz CT molecular complexity index is 603. The van der Waals surface area contributed by atoms with E-state index in [4.69, 9.17) is 4.74 Å². The van der Waals surface area contributed by atoms with Gasteiger partial charge >= 0.3 is 5.97 Å². The largest absolute Gasteiger partial charge is 0.497 e. The maximum Gasteiger partial charge on any atom is 0.337 e. The van der Waals surface area contributed by atoms with Crippen molar-refractivity contribution in [1.29, 1.82) is 0 Å². The molecule has 2 N–H and O–H groups in total. The van der Waals surface area contributed by atoms with Crippen LogP contribution in [0.25, 0.3) is 5.57 Å². The number of nitrogens with one attached hydrogen (secondary N) is 1. The van der Waals surface area contributed by atoms with Gasteiger partial charge in [-0.1, -0.05) is 30.3 Å². The molecule has 0 saturated heterocycles. The lowest BCUT2D eigenvalue weighted by Gasteiger charge is -2.06. The van der Waals surface area contributed by atoms with Crippen molar-refractivity contribution in [3.05, 3.63) is 66.4 Å². The van der Waals surface area contributed by atoms with E-state index in [0.29, 0.717) is 5.56 Å². The molecule has 0 radical (unpaired) electrons. The number of benzene rings is 2. The minimum absolute atomic E-state index is 0.210. The fourth-order valence-electron chi connectivity index (χ4n) is 1.73. The number of ether oxygens (including phenoxy) is 1. The van der Waals surface area contributed by atoms with Crippen molar-refractivity contribution in [2.24, 2.45) is 0 Å². The monoisotopic (exact) mass is 269 g/mol. The van der Waals surface area contributed by atoms with Gasteiger partial charge in [-0.05, 0) is 29.8 Å². The van der Waals surface area contributed by atoms with E-state index in [0.717, 1.165) is 11.4 Å². The van der Waals surface area contributed by atoms with Gasteiger partial charge in [-0.3, -0.25) is 0 Å². The number of carboxylic acids is 1. The number of carboxylic acid groups (broad SMARTS) is 1. The van der Waals surface area contributed by atoms with E-state index in [9.17, 15) is 9.90 Å². The summed E-state index contributed by atoms with van der Waals surface area (Å²) in [7, 11) is 1.60. The average molecular weight is 269 g/mol. The lowest BCUT2D eigenvalue weighted by atomic mass is 10.1. The molecule has 0 unspecified atom stereocenters. The van der Waals surface area contributed by atoms with Crippen LogP contribution in [0.15, 0.2) is 60.8 Å². The molecule has 0 amide bonds. The number of hydrogen-bond donors (Lipinski definition) is 2. The number of carbonyl (C=O) groups is 1. The van der Waals surface area contributed by atoms with Crippen LogP contribution >= 0.6 is 0 Å². The Morgan fingerprint density at radius 3 is 2.30 bits per heavy atom. The van der Waals surface area contributed by atoms with E-state index in [2.05, 4.69) is 5.32 Å². The van der Waals surface area contributed by atoms with Crippen LogP contribution in [0.1, 0.15) is 5.56 Å². The molecule has 102 valence electrons.